The summed E-state index contributed by atoms with van der Waals surface area (Å²) in [6.45, 7) is 1.86. The zero-order valence-corrected chi connectivity index (χ0v) is 8.14. The second-order valence-electron chi connectivity index (χ2n) is 3.20. The predicted octanol–water partition coefficient (Wildman–Crippen LogP) is 0.148. The van der Waals surface area contributed by atoms with Gasteiger partial charge in [0, 0.05) is 12.5 Å². The largest absolute Gasteiger partial charge is 0.453 e. The molecule has 1 amide bonds. The Labute approximate surface area is 82.0 Å². The monoisotopic (exact) mass is 199 g/mol. The average Bonchev–Trinajstić information content (AvgIpc) is 2.30. The van der Waals surface area contributed by atoms with E-state index in [1.807, 2.05) is 0 Å². The van der Waals surface area contributed by atoms with Gasteiger partial charge in [0.25, 0.3) is 0 Å². The van der Waals surface area contributed by atoms with Gasteiger partial charge >= 0.3 is 6.09 Å². The molecule has 0 aromatic heterocycles. The highest BCUT2D eigenvalue weighted by atomic mass is 16.5. The molecule has 1 aliphatic heterocycles. The van der Waals surface area contributed by atoms with E-state index < -0.39 is 12.3 Å². The molecule has 1 heterocycles. The van der Waals surface area contributed by atoms with Crippen molar-refractivity contribution in [1.29, 1.82) is 0 Å². The van der Waals surface area contributed by atoms with Crippen molar-refractivity contribution >= 4 is 11.9 Å². The lowest BCUT2D eigenvalue weighted by atomic mass is 10.1. The molecule has 0 saturated carbocycles. The molecule has 14 heavy (non-hydrogen) atoms. The molecule has 78 valence electrons. The molecule has 0 bridgehead atoms. The van der Waals surface area contributed by atoms with E-state index in [1.54, 1.807) is 6.92 Å². The van der Waals surface area contributed by atoms with Crippen molar-refractivity contribution < 1.29 is 19.4 Å². The van der Waals surface area contributed by atoms with Crippen LogP contribution in [0.2, 0.25) is 0 Å². The highest BCUT2D eigenvalue weighted by Crippen LogP contribution is 2.12. The van der Waals surface area contributed by atoms with Gasteiger partial charge < -0.3 is 9.84 Å². The van der Waals surface area contributed by atoms with Gasteiger partial charge in [-0.3, -0.25) is 9.69 Å². The van der Waals surface area contributed by atoms with E-state index in [-0.39, 0.29) is 18.2 Å². The third-order valence-corrected chi connectivity index (χ3v) is 2.12. The van der Waals surface area contributed by atoms with Crippen molar-refractivity contribution in [2.24, 2.45) is 5.92 Å². The summed E-state index contributed by atoms with van der Waals surface area (Å²) in [5.74, 6) is -0.419. The number of methoxy groups -OCH3 is 1. The highest BCUT2D eigenvalue weighted by molar-refractivity contribution is 5.92. The molecule has 1 N–H and O–H groups in total. The van der Waals surface area contributed by atoms with Gasteiger partial charge in [-0.1, -0.05) is 6.92 Å². The second kappa shape index (κ2) is 4.23. The van der Waals surface area contributed by atoms with Crippen LogP contribution in [-0.2, 0) is 9.53 Å². The number of ketones is 1. The van der Waals surface area contributed by atoms with Crippen LogP contribution in [0.1, 0.15) is 6.92 Å². The summed E-state index contributed by atoms with van der Waals surface area (Å²) in [5.41, 5.74) is 0. The summed E-state index contributed by atoms with van der Waals surface area (Å²) in [5, 5.41) is 9.47. The summed E-state index contributed by atoms with van der Waals surface area (Å²) in [6, 6.07) is 0. The van der Waals surface area contributed by atoms with Crippen molar-refractivity contribution in [3.05, 3.63) is 12.2 Å². The maximum atomic E-state index is 11.2. The molecule has 0 radical (unpaired) electrons. The Balaban J connectivity index is 2.82. The van der Waals surface area contributed by atoms with Crippen molar-refractivity contribution in [2.45, 2.75) is 13.2 Å². The smallest absolute Gasteiger partial charge is 0.411 e. The van der Waals surface area contributed by atoms with Gasteiger partial charge in [0.2, 0.25) is 0 Å². The third-order valence-electron chi connectivity index (χ3n) is 2.12. The van der Waals surface area contributed by atoms with Crippen LogP contribution in [0.3, 0.4) is 0 Å². The van der Waals surface area contributed by atoms with Gasteiger partial charge in [-0.25, -0.2) is 4.79 Å². The fourth-order valence-corrected chi connectivity index (χ4v) is 1.24. The van der Waals surface area contributed by atoms with E-state index in [4.69, 9.17) is 0 Å². The van der Waals surface area contributed by atoms with Crippen LogP contribution < -0.4 is 0 Å². The summed E-state index contributed by atoms with van der Waals surface area (Å²) < 4.78 is 4.48. The Bertz CT molecular complexity index is 274. The maximum Gasteiger partial charge on any atom is 0.411 e. The number of rotatable bonds is 0. The van der Waals surface area contributed by atoms with Crippen LogP contribution in [-0.4, -0.2) is 41.8 Å². The Morgan fingerprint density at radius 2 is 2.36 bits per heavy atom. The number of allylic oxidation sites excluding steroid dienone is 1. The Morgan fingerprint density at radius 3 is 2.93 bits per heavy atom. The lowest BCUT2D eigenvalue weighted by Crippen LogP contribution is -2.41. The third kappa shape index (κ3) is 2.11. The molecule has 5 nitrogen and oxygen atoms in total. The molecule has 5 heteroatoms. The van der Waals surface area contributed by atoms with Gasteiger partial charge in [-0.2, -0.15) is 0 Å². The van der Waals surface area contributed by atoms with E-state index >= 15 is 0 Å². The van der Waals surface area contributed by atoms with Gasteiger partial charge in [-0.05, 0) is 12.2 Å². The molecule has 0 aromatic carbocycles. The Hall–Kier alpha value is -1.36. The van der Waals surface area contributed by atoms with Crippen LogP contribution in [0.4, 0.5) is 4.79 Å². The zero-order valence-electron chi connectivity index (χ0n) is 8.14. The lowest BCUT2D eigenvalue weighted by molar-refractivity contribution is -0.118. The van der Waals surface area contributed by atoms with Crippen LogP contribution >= 0.6 is 0 Å². The van der Waals surface area contributed by atoms with Gasteiger partial charge in [-0.15, -0.1) is 0 Å². The lowest BCUT2D eigenvalue weighted by Gasteiger charge is -2.24. The first-order valence-electron chi connectivity index (χ1n) is 4.31. The SMILES string of the molecule is COC(=O)N1CC(C)C(=O)C=CC1O. The molecule has 0 fully saturated rings. The first kappa shape index (κ1) is 10.7. The van der Waals surface area contributed by atoms with E-state index in [1.165, 1.54) is 19.3 Å². The van der Waals surface area contributed by atoms with E-state index in [0.29, 0.717) is 0 Å². The molecular weight excluding hydrogens is 186 g/mol. The Kier molecular flexibility index (Phi) is 3.24. The minimum Gasteiger partial charge on any atom is -0.453 e. The van der Waals surface area contributed by atoms with E-state index in [2.05, 4.69) is 4.74 Å². The number of aliphatic hydroxyl groups is 1. The highest BCUT2D eigenvalue weighted by Gasteiger charge is 2.27. The van der Waals surface area contributed by atoms with Crippen molar-refractivity contribution in [3.63, 3.8) is 0 Å². The summed E-state index contributed by atoms with van der Waals surface area (Å²) in [6.07, 6.45) is 0.848. The second-order valence-corrected chi connectivity index (χ2v) is 3.20. The Morgan fingerprint density at radius 1 is 1.71 bits per heavy atom. The topological polar surface area (TPSA) is 66.8 Å². The maximum absolute atomic E-state index is 11.2. The van der Waals surface area contributed by atoms with Crippen molar-refractivity contribution in [3.8, 4) is 0 Å². The molecule has 2 unspecified atom stereocenters. The summed E-state index contributed by atoms with van der Waals surface area (Å²) >= 11 is 0. The first-order chi connectivity index (χ1) is 6.56. The van der Waals surface area contributed by atoms with Crippen molar-refractivity contribution in [2.75, 3.05) is 13.7 Å². The minimum absolute atomic E-state index is 0.101. The number of ether oxygens (including phenoxy) is 1. The standard InChI is InChI=1S/C9H13NO4/c1-6-5-10(9(13)14-2)8(12)4-3-7(6)11/h3-4,6,8,12H,5H2,1-2H3. The van der Waals surface area contributed by atoms with Crippen molar-refractivity contribution in [1.82, 2.24) is 4.90 Å². The van der Waals surface area contributed by atoms with Gasteiger partial charge in [0.1, 0.15) is 0 Å². The first-order valence-corrected chi connectivity index (χ1v) is 4.31. The number of aliphatic hydroxyl groups excluding tert-OH is 1. The summed E-state index contributed by atoms with van der Waals surface area (Å²) in [4.78, 5) is 23.5. The number of nitrogens with zero attached hydrogens (tertiary/aromatic N) is 1. The fourth-order valence-electron chi connectivity index (χ4n) is 1.24. The molecule has 0 saturated heterocycles. The number of amides is 1. The molecular formula is C9H13NO4. The molecule has 0 aliphatic carbocycles. The van der Waals surface area contributed by atoms with E-state index in [9.17, 15) is 14.7 Å². The van der Waals surface area contributed by atoms with Gasteiger partial charge in [0.15, 0.2) is 12.0 Å². The van der Waals surface area contributed by atoms with Crippen LogP contribution in [0.15, 0.2) is 12.2 Å². The van der Waals surface area contributed by atoms with Crippen LogP contribution in [0.5, 0.6) is 0 Å². The molecule has 1 rings (SSSR count). The predicted molar refractivity (Wildman–Crippen MR) is 48.4 cm³/mol. The quantitative estimate of drug-likeness (QED) is 0.603. The number of carbonyl (C=O) groups is 2. The molecule has 1 aliphatic rings. The zero-order chi connectivity index (χ0) is 10.7. The minimum atomic E-state index is -1.09. The van der Waals surface area contributed by atoms with E-state index in [0.717, 1.165) is 4.90 Å². The summed E-state index contributed by atoms with van der Waals surface area (Å²) in [7, 11) is 1.23. The average molecular weight is 199 g/mol. The van der Waals surface area contributed by atoms with Crippen LogP contribution in [0.25, 0.3) is 0 Å². The molecule has 0 spiro atoms. The molecule has 0 aromatic rings. The van der Waals surface area contributed by atoms with Gasteiger partial charge in [0.05, 0.1) is 7.11 Å². The normalized spacial score (nSPS) is 27.4. The number of hydrogen-bond donors (Lipinski definition) is 1. The molecule has 2 atom stereocenters. The fraction of sp³-hybridized carbons (Fsp3) is 0.556. The number of hydrogen-bond acceptors (Lipinski definition) is 4. The van der Waals surface area contributed by atoms with Crippen LogP contribution in [0, 0.1) is 5.92 Å². The number of carbonyl (C=O) groups excluding carboxylic acids is 2.